The van der Waals surface area contributed by atoms with Gasteiger partial charge in [0, 0.05) is 19.4 Å². The lowest BCUT2D eigenvalue weighted by Crippen LogP contribution is -2.39. The Morgan fingerprint density at radius 1 is 0.857 bits per heavy atom. The second-order valence-electron chi connectivity index (χ2n) is 5.17. The van der Waals surface area contributed by atoms with Gasteiger partial charge in [0.25, 0.3) is 0 Å². The number of nitrogens with one attached hydrogen (secondary N) is 2. The minimum absolute atomic E-state index is 0.0531. The highest BCUT2D eigenvalue weighted by Gasteiger charge is 2.07. The number of rotatable bonds is 12. The molecule has 0 spiro atoms. The van der Waals surface area contributed by atoms with Crippen LogP contribution in [0.15, 0.2) is 0 Å². The number of carbonyl (C=O) groups excluding carboxylic acids is 2. The van der Waals surface area contributed by atoms with Crippen molar-refractivity contribution in [2.45, 2.75) is 71.1 Å². The van der Waals surface area contributed by atoms with Crippen molar-refractivity contribution in [1.82, 2.24) is 10.6 Å². The van der Waals surface area contributed by atoms with Crippen LogP contribution < -0.4 is 10.6 Å². The summed E-state index contributed by atoms with van der Waals surface area (Å²) in [4.78, 5) is 33.1. The van der Waals surface area contributed by atoms with Gasteiger partial charge in [0.2, 0.25) is 5.91 Å². The molecule has 3 N–H and O–H groups in total. The van der Waals surface area contributed by atoms with E-state index in [1.165, 1.54) is 25.7 Å². The third-order valence-corrected chi connectivity index (χ3v) is 3.11. The van der Waals surface area contributed by atoms with Crippen LogP contribution in [0, 0.1) is 0 Å². The van der Waals surface area contributed by atoms with Gasteiger partial charge in [-0.3, -0.25) is 14.9 Å². The van der Waals surface area contributed by atoms with Crippen LogP contribution in [-0.2, 0) is 9.59 Å². The molecule has 0 fully saturated rings. The zero-order chi connectivity index (χ0) is 15.9. The van der Waals surface area contributed by atoms with Gasteiger partial charge in [0.1, 0.15) is 0 Å². The Labute approximate surface area is 126 Å². The molecule has 0 bridgehead atoms. The smallest absolute Gasteiger partial charge is 0.321 e. The van der Waals surface area contributed by atoms with E-state index in [0.29, 0.717) is 19.4 Å². The predicted octanol–water partition coefficient (Wildman–Crippen LogP) is 2.82. The van der Waals surface area contributed by atoms with Crippen LogP contribution in [0.1, 0.15) is 71.1 Å². The Morgan fingerprint density at radius 2 is 1.48 bits per heavy atom. The van der Waals surface area contributed by atoms with Crippen molar-refractivity contribution in [2.24, 2.45) is 0 Å². The molecule has 0 rings (SSSR count). The molecule has 0 saturated carbocycles. The first-order chi connectivity index (χ1) is 10.1. The lowest BCUT2D eigenvalue weighted by atomic mass is 10.1. The summed E-state index contributed by atoms with van der Waals surface area (Å²) < 4.78 is 0. The molecular formula is C15H28N2O4. The normalized spacial score (nSPS) is 10.1. The summed E-state index contributed by atoms with van der Waals surface area (Å²) in [5.41, 5.74) is 0. The first-order valence-electron chi connectivity index (χ1n) is 7.85. The number of amides is 3. The van der Waals surface area contributed by atoms with Gasteiger partial charge in [-0.25, -0.2) is 4.79 Å². The van der Waals surface area contributed by atoms with Crippen LogP contribution in [0.5, 0.6) is 0 Å². The lowest BCUT2D eigenvalue weighted by Gasteiger charge is -2.06. The summed E-state index contributed by atoms with van der Waals surface area (Å²) in [7, 11) is 0. The average molecular weight is 300 g/mol. The van der Waals surface area contributed by atoms with Gasteiger partial charge in [0.05, 0.1) is 0 Å². The predicted molar refractivity (Wildman–Crippen MR) is 81.0 cm³/mol. The van der Waals surface area contributed by atoms with Crippen molar-refractivity contribution < 1.29 is 19.5 Å². The van der Waals surface area contributed by atoms with Crippen molar-refractivity contribution in [2.75, 3.05) is 6.54 Å². The Hall–Kier alpha value is -1.59. The van der Waals surface area contributed by atoms with Gasteiger partial charge < -0.3 is 10.4 Å². The third-order valence-electron chi connectivity index (χ3n) is 3.11. The standard InChI is InChI=1S/C15H28N2O4/c1-2-3-4-5-6-9-12-16-15(21)17-13(18)10-7-8-11-14(19)20/h2-12H2,1H3,(H,19,20)(H2,16,17,18,21). The largest absolute Gasteiger partial charge is 0.481 e. The minimum atomic E-state index is -0.868. The maximum absolute atomic E-state index is 11.4. The van der Waals surface area contributed by atoms with Crippen LogP contribution in [0.4, 0.5) is 4.79 Å². The number of carboxylic acid groups (broad SMARTS) is 1. The highest BCUT2D eigenvalue weighted by atomic mass is 16.4. The summed E-state index contributed by atoms with van der Waals surface area (Å²) in [5.74, 6) is -1.23. The molecule has 0 unspecified atom stereocenters. The maximum Gasteiger partial charge on any atom is 0.321 e. The highest BCUT2D eigenvalue weighted by molar-refractivity contribution is 5.94. The number of hydrogen-bond donors (Lipinski definition) is 3. The van der Waals surface area contributed by atoms with E-state index in [1.807, 2.05) is 0 Å². The number of urea groups is 1. The van der Waals surface area contributed by atoms with Crippen LogP contribution in [0.25, 0.3) is 0 Å². The number of hydrogen-bond acceptors (Lipinski definition) is 3. The van der Waals surface area contributed by atoms with Gasteiger partial charge in [-0.15, -0.1) is 0 Å². The maximum atomic E-state index is 11.4. The molecule has 0 aliphatic rings. The van der Waals surface area contributed by atoms with E-state index >= 15 is 0 Å². The summed E-state index contributed by atoms with van der Waals surface area (Å²) >= 11 is 0. The summed E-state index contributed by atoms with van der Waals surface area (Å²) in [5, 5.41) is 13.3. The molecule has 0 aliphatic carbocycles. The minimum Gasteiger partial charge on any atom is -0.481 e. The van der Waals surface area contributed by atoms with E-state index in [-0.39, 0.29) is 18.7 Å². The molecule has 0 aromatic heterocycles. The van der Waals surface area contributed by atoms with Gasteiger partial charge in [-0.1, -0.05) is 39.0 Å². The highest BCUT2D eigenvalue weighted by Crippen LogP contribution is 2.04. The molecule has 21 heavy (non-hydrogen) atoms. The molecule has 0 atom stereocenters. The van der Waals surface area contributed by atoms with Crippen LogP contribution >= 0.6 is 0 Å². The average Bonchev–Trinajstić information content (AvgIpc) is 2.42. The first kappa shape index (κ1) is 19.4. The zero-order valence-electron chi connectivity index (χ0n) is 13.0. The Kier molecular flexibility index (Phi) is 12.4. The summed E-state index contributed by atoms with van der Waals surface area (Å²) in [6, 6.07) is -0.466. The fourth-order valence-electron chi connectivity index (χ4n) is 1.90. The van der Waals surface area contributed by atoms with Crippen molar-refractivity contribution in [3.8, 4) is 0 Å². The van der Waals surface area contributed by atoms with Gasteiger partial charge in [-0.2, -0.15) is 0 Å². The first-order valence-corrected chi connectivity index (χ1v) is 7.85. The zero-order valence-corrected chi connectivity index (χ0v) is 13.0. The number of carboxylic acids is 1. The molecule has 0 radical (unpaired) electrons. The topological polar surface area (TPSA) is 95.5 Å². The Morgan fingerprint density at radius 3 is 2.14 bits per heavy atom. The Bertz CT molecular complexity index is 319. The molecule has 0 aliphatic heterocycles. The molecule has 122 valence electrons. The van der Waals surface area contributed by atoms with Crippen molar-refractivity contribution >= 4 is 17.9 Å². The van der Waals surface area contributed by atoms with E-state index in [4.69, 9.17) is 5.11 Å². The van der Waals surface area contributed by atoms with E-state index in [0.717, 1.165) is 12.8 Å². The quantitative estimate of drug-likeness (QED) is 0.483. The second-order valence-corrected chi connectivity index (χ2v) is 5.17. The fraction of sp³-hybridized carbons (Fsp3) is 0.800. The number of aliphatic carboxylic acids is 1. The van der Waals surface area contributed by atoms with Gasteiger partial charge in [0.15, 0.2) is 0 Å². The van der Waals surface area contributed by atoms with Crippen LogP contribution in [0.3, 0.4) is 0 Å². The van der Waals surface area contributed by atoms with Crippen molar-refractivity contribution in [1.29, 1.82) is 0 Å². The third kappa shape index (κ3) is 14.6. The summed E-state index contributed by atoms with van der Waals surface area (Å²) in [6.45, 7) is 2.74. The van der Waals surface area contributed by atoms with Crippen LogP contribution in [0.2, 0.25) is 0 Å². The SMILES string of the molecule is CCCCCCCCNC(=O)NC(=O)CCCCC(=O)O. The number of carbonyl (C=O) groups is 3. The van der Waals surface area contributed by atoms with Gasteiger partial charge >= 0.3 is 12.0 Å². The fourth-order valence-corrected chi connectivity index (χ4v) is 1.90. The van der Waals surface area contributed by atoms with Gasteiger partial charge in [-0.05, 0) is 19.3 Å². The second kappa shape index (κ2) is 13.4. The molecule has 3 amide bonds. The summed E-state index contributed by atoms with van der Waals surface area (Å²) in [6.07, 6.45) is 8.05. The molecule has 6 heteroatoms. The van der Waals surface area contributed by atoms with E-state index in [1.54, 1.807) is 0 Å². The van der Waals surface area contributed by atoms with Crippen molar-refractivity contribution in [3.63, 3.8) is 0 Å². The monoisotopic (exact) mass is 300 g/mol. The Balaban J connectivity index is 3.43. The molecule has 0 aromatic carbocycles. The number of imide groups is 1. The molecule has 6 nitrogen and oxygen atoms in total. The van der Waals surface area contributed by atoms with Crippen molar-refractivity contribution in [3.05, 3.63) is 0 Å². The number of unbranched alkanes of at least 4 members (excludes halogenated alkanes) is 6. The molecular weight excluding hydrogens is 272 g/mol. The molecule has 0 heterocycles. The lowest BCUT2D eigenvalue weighted by molar-refractivity contribution is -0.137. The molecule has 0 saturated heterocycles. The molecule has 0 aromatic rings. The van der Waals surface area contributed by atoms with Crippen LogP contribution in [-0.4, -0.2) is 29.6 Å². The van der Waals surface area contributed by atoms with E-state index in [9.17, 15) is 14.4 Å². The van der Waals surface area contributed by atoms with E-state index in [2.05, 4.69) is 17.6 Å². The van der Waals surface area contributed by atoms with E-state index < -0.39 is 12.0 Å².